The van der Waals surface area contributed by atoms with Gasteiger partial charge in [0.05, 0.1) is 0 Å². The van der Waals surface area contributed by atoms with Crippen LogP contribution in [0, 0.1) is 11.3 Å². The van der Waals surface area contributed by atoms with E-state index in [1.165, 1.54) is 11.1 Å². The first-order chi connectivity index (χ1) is 9.53. The number of fused-ring (bicyclic) bond motifs is 3. The fourth-order valence-electron chi connectivity index (χ4n) is 4.44. The Morgan fingerprint density at radius 2 is 2.20 bits per heavy atom. The van der Waals surface area contributed by atoms with E-state index in [1.807, 2.05) is 19.1 Å². The van der Waals surface area contributed by atoms with Crippen molar-refractivity contribution in [1.82, 2.24) is 0 Å². The van der Waals surface area contributed by atoms with Gasteiger partial charge in [0.25, 0.3) is 0 Å². The first kappa shape index (κ1) is 13.7. The Labute approximate surface area is 121 Å². The molecule has 0 saturated heterocycles. The molecule has 3 atom stereocenters. The molecule has 2 nitrogen and oxygen atoms in total. The molecular formula is C18H24O2. The minimum absolute atomic E-state index is 0.0929. The van der Waals surface area contributed by atoms with E-state index < -0.39 is 0 Å². The molecule has 0 aliphatic heterocycles. The van der Waals surface area contributed by atoms with E-state index in [0.29, 0.717) is 29.8 Å². The van der Waals surface area contributed by atoms with Crippen molar-refractivity contribution in [1.29, 1.82) is 0 Å². The summed E-state index contributed by atoms with van der Waals surface area (Å²) in [5.74, 6) is 2.05. The average molecular weight is 272 g/mol. The largest absolute Gasteiger partial charge is 0.508 e. The van der Waals surface area contributed by atoms with Crippen molar-refractivity contribution in [2.45, 2.75) is 58.3 Å². The summed E-state index contributed by atoms with van der Waals surface area (Å²) in [6, 6.07) is 5.84. The lowest BCUT2D eigenvalue weighted by atomic mass is 9.59. The standard InChI is InChI=1S/C18H24O2/c1-3-17(20)18(2)9-8-16-13(11-18)5-4-12-10-14(19)6-7-15(12)16/h6-7,10,13,16,19H,3-5,8-9,11H2,1-2H3/t13-,16-,18-/m0/s1. The number of hydrogen-bond donors (Lipinski definition) is 1. The van der Waals surface area contributed by atoms with Gasteiger partial charge in [-0.05, 0) is 67.2 Å². The summed E-state index contributed by atoms with van der Waals surface area (Å²) in [4.78, 5) is 12.2. The number of carbonyl (C=O) groups is 1. The monoisotopic (exact) mass is 272 g/mol. The van der Waals surface area contributed by atoms with Gasteiger partial charge in [0.15, 0.2) is 0 Å². The van der Waals surface area contributed by atoms with E-state index in [2.05, 4.69) is 13.0 Å². The lowest BCUT2D eigenvalue weighted by molar-refractivity contribution is -0.130. The molecule has 1 saturated carbocycles. The third-order valence-corrected chi connectivity index (χ3v) is 5.59. The number of aryl methyl sites for hydroxylation is 1. The molecule has 0 aromatic heterocycles. The summed E-state index contributed by atoms with van der Waals surface area (Å²) in [5.41, 5.74) is 2.64. The minimum atomic E-state index is -0.0929. The number of benzene rings is 1. The van der Waals surface area contributed by atoms with Gasteiger partial charge in [-0.2, -0.15) is 0 Å². The number of phenolic OH excluding ortho intramolecular Hbond substituents is 1. The number of aromatic hydroxyl groups is 1. The predicted molar refractivity (Wildman–Crippen MR) is 79.9 cm³/mol. The highest BCUT2D eigenvalue weighted by molar-refractivity contribution is 5.84. The van der Waals surface area contributed by atoms with Crippen molar-refractivity contribution in [3.8, 4) is 5.75 Å². The van der Waals surface area contributed by atoms with Crippen LogP contribution in [0.1, 0.15) is 63.0 Å². The first-order valence-electron chi connectivity index (χ1n) is 7.88. The van der Waals surface area contributed by atoms with E-state index >= 15 is 0 Å². The zero-order chi connectivity index (χ0) is 14.3. The zero-order valence-electron chi connectivity index (χ0n) is 12.5. The van der Waals surface area contributed by atoms with Crippen LogP contribution in [0.4, 0.5) is 0 Å². The summed E-state index contributed by atoms with van der Waals surface area (Å²) in [6.45, 7) is 4.15. The molecule has 0 heterocycles. The molecule has 0 radical (unpaired) electrons. The van der Waals surface area contributed by atoms with Crippen LogP contribution in [0.15, 0.2) is 18.2 Å². The fourth-order valence-corrected chi connectivity index (χ4v) is 4.44. The van der Waals surface area contributed by atoms with Gasteiger partial charge in [-0.1, -0.05) is 19.9 Å². The normalized spacial score (nSPS) is 32.3. The predicted octanol–water partition coefficient (Wildman–Crippen LogP) is 4.21. The fraction of sp³-hybridized carbons (Fsp3) is 0.611. The van der Waals surface area contributed by atoms with Gasteiger partial charge in [-0.25, -0.2) is 0 Å². The minimum Gasteiger partial charge on any atom is -0.508 e. The van der Waals surface area contributed by atoms with Gasteiger partial charge < -0.3 is 5.11 Å². The Balaban J connectivity index is 1.86. The van der Waals surface area contributed by atoms with E-state index in [-0.39, 0.29) is 5.41 Å². The molecule has 20 heavy (non-hydrogen) atoms. The summed E-state index contributed by atoms with van der Waals surface area (Å²) in [5, 5.41) is 9.63. The first-order valence-corrected chi connectivity index (χ1v) is 7.88. The van der Waals surface area contributed by atoms with Gasteiger partial charge in [-0.15, -0.1) is 0 Å². The second kappa shape index (κ2) is 4.91. The molecule has 1 aromatic carbocycles. The second-order valence-corrected chi connectivity index (χ2v) is 6.87. The SMILES string of the molecule is CCC(=O)[C@@]1(C)CC[C@@H]2c3ccc(O)cc3CC[C@H]2C1. The van der Waals surface area contributed by atoms with Gasteiger partial charge >= 0.3 is 0 Å². The van der Waals surface area contributed by atoms with Crippen LogP contribution in [0.25, 0.3) is 0 Å². The number of carbonyl (C=O) groups excluding carboxylic acids is 1. The van der Waals surface area contributed by atoms with Crippen LogP contribution in [-0.4, -0.2) is 10.9 Å². The number of phenols is 1. The summed E-state index contributed by atoms with van der Waals surface area (Å²) >= 11 is 0. The maximum Gasteiger partial charge on any atom is 0.138 e. The van der Waals surface area contributed by atoms with Crippen molar-refractivity contribution in [2.75, 3.05) is 0 Å². The molecule has 2 aliphatic rings. The summed E-state index contributed by atoms with van der Waals surface area (Å²) in [7, 11) is 0. The third kappa shape index (κ3) is 2.15. The molecule has 1 aromatic rings. The van der Waals surface area contributed by atoms with Crippen molar-refractivity contribution in [2.24, 2.45) is 11.3 Å². The average Bonchev–Trinajstić information content (AvgIpc) is 2.45. The zero-order valence-corrected chi connectivity index (χ0v) is 12.5. The van der Waals surface area contributed by atoms with Crippen LogP contribution in [0.2, 0.25) is 0 Å². The van der Waals surface area contributed by atoms with E-state index in [0.717, 1.165) is 32.1 Å². The molecule has 2 heteroatoms. The topological polar surface area (TPSA) is 37.3 Å². The molecule has 0 bridgehead atoms. The van der Waals surface area contributed by atoms with Crippen molar-refractivity contribution >= 4 is 5.78 Å². The Morgan fingerprint density at radius 1 is 1.40 bits per heavy atom. The van der Waals surface area contributed by atoms with Crippen molar-refractivity contribution in [3.05, 3.63) is 29.3 Å². The summed E-state index contributed by atoms with van der Waals surface area (Å²) < 4.78 is 0. The molecule has 2 aliphatic carbocycles. The van der Waals surface area contributed by atoms with Gasteiger partial charge in [0.2, 0.25) is 0 Å². The van der Waals surface area contributed by atoms with Crippen LogP contribution >= 0.6 is 0 Å². The van der Waals surface area contributed by atoms with Gasteiger partial charge in [-0.3, -0.25) is 4.79 Å². The second-order valence-electron chi connectivity index (χ2n) is 6.87. The molecule has 0 spiro atoms. The van der Waals surface area contributed by atoms with Crippen LogP contribution in [0.5, 0.6) is 5.75 Å². The van der Waals surface area contributed by atoms with Crippen LogP contribution in [0.3, 0.4) is 0 Å². The highest BCUT2D eigenvalue weighted by Gasteiger charge is 2.43. The third-order valence-electron chi connectivity index (χ3n) is 5.59. The highest BCUT2D eigenvalue weighted by Crippen LogP contribution is 2.52. The van der Waals surface area contributed by atoms with Gasteiger partial charge in [0.1, 0.15) is 11.5 Å². The lowest BCUT2D eigenvalue weighted by Gasteiger charge is -2.45. The lowest BCUT2D eigenvalue weighted by Crippen LogP contribution is -2.38. The molecule has 0 amide bonds. The maximum absolute atomic E-state index is 12.2. The van der Waals surface area contributed by atoms with E-state index in [9.17, 15) is 9.90 Å². The van der Waals surface area contributed by atoms with Crippen LogP contribution < -0.4 is 0 Å². The molecule has 1 N–H and O–H groups in total. The molecule has 3 rings (SSSR count). The van der Waals surface area contributed by atoms with Crippen molar-refractivity contribution in [3.63, 3.8) is 0 Å². The molecule has 0 unspecified atom stereocenters. The van der Waals surface area contributed by atoms with Gasteiger partial charge in [0, 0.05) is 11.8 Å². The Morgan fingerprint density at radius 3 is 2.95 bits per heavy atom. The van der Waals surface area contributed by atoms with Crippen molar-refractivity contribution < 1.29 is 9.90 Å². The number of ketones is 1. The number of Topliss-reactive ketones (excluding diaryl/α,β-unsaturated/α-hetero) is 1. The van der Waals surface area contributed by atoms with E-state index in [1.54, 1.807) is 0 Å². The Hall–Kier alpha value is -1.31. The maximum atomic E-state index is 12.2. The quantitative estimate of drug-likeness (QED) is 0.875. The number of hydrogen-bond acceptors (Lipinski definition) is 2. The summed E-state index contributed by atoms with van der Waals surface area (Å²) in [6.07, 6.45) is 6.05. The molecular weight excluding hydrogens is 248 g/mol. The number of rotatable bonds is 2. The van der Waals surface area contributed by atoms with Crippen LogP contribution in [-0.2, 0) is 11.2 Å². The highest BCUT2D eigenvalue weighted by atomic mass is 16.3. The molecule has 108 valence electrons. The smallest absolute Gasteiger partial charge is 0.138 e. The Kier molecular flexibility index (Phi) is 3.35. The van der Waals surface area contributed by atoms with E-state index in [4.69, 9.17) is 0 Å². The molecule has 1 fully saturated rings. The Bertz CT molecular complexity index is 534.